The Hall–Kier alpha value is -1.94. The highest BCUT2D eigenvalue weighted by Crippen LogP contribution is 2.34. The zero-order valence-electron chi connectivity index (χ0n) is 16.8. The van der Waals surface area contributed by atoms with Gasteiger partial charge in [0.1, 0.15) is 10.3 Å². The van der Waals surface area contributed by atoms with Gasteiger partial charge in [0.25, 0.3) is 11.8 Å². The number of hydrogen-bond donors (Lipinski definition) is 1. The second kappa shape index (κ2) is 9.51. The number of hydrogen-bond acceptors (Lipinski definition) is 4. The molecule has 1 fully saturated rings. The van der Waals surface area contributed by atoms with Crippen LogP contribution in [0.25, 0.3) is 5.82 Å². The van der Waals surface area contributed by atoms with Crippen molar-refractivity contribution in [1.82, 2.24) is 19.7 Å². The average Bonchev–Trinajstić information content (AvgIpc) is 3.47. The Bertz CT molecular complexity index is 1210. The van der Waals surface area contributed by atoms with Crippen LogP contribution in [-0.2, 0) is 0 Å². The van der Waals surface area contributed by atoms with Gasteiger partial charge < -0.3 is 10.2 Å². The van der Waals surface area contributed by atoms with E-state index in [1.807, 2.05) is 0 Å². The minimum Gasteiger partial charge on any atom is -0.341 e. The molecule has 0 unspecified atom stereocenters. The maximum Gasteiger partial charge on any atom is 0.274 e. The summed E-state index contributed by atoms with van der Waals surface area (Å²) in [6.45, 7) is 0.661. The molecule has 1 aliphatic rings. The van der Waals surface area contributed by atoms with Crippen molar-refractivity contribution in [3.8, 4) is 5.82 Å². The number of benzene rings is 1. The van der Waals surface area contributed by atoms with Crippen LogP contribution in [-0.4, -0.2) is 45.1 Å². The fourth-order valence-corrected chi connectivity index (χ4v) is 4.72. The van der Waals surface area contributed by atoms with Gasteiger partial charge in [-0.05, 0) is 74.9 Å². The van der Waals surface area contributed by atoms with Gasteiger partial charge in [0.2, 0.25) is 0 Å². The van der Waals surface area contributed by atoms with Crippen LogP contribution in [0, 0.1) is 5.92 Å². The molecule has 0 spiro atoms. The Morgan fingerprint density at radius 3 is 2.69 bits per heavy atom. The molecule has 1 saturated carbocycles. The van der Waals surface area contributed by atoms with Crippen molar-refractivity contribution in [3.05, 3.63) is 66.9 Å². The Kier molecular flexibility index (Phi) is 6.90. The fourth-order valence-electron chi connectivity index (χ4n) is 3.23. The minimum atomic E-state index is -0.494. The molecule has 0 saturated heterocycles. The van der Waals surface area contributed by atoms with E-state index in [4.69, 9.17) is 23.2 Å². The van der Waals surface area contributed by atoms with Crippen molar-refractivity contribution >= 4 is 72.6 Å². The standard InChI is InChI=1S/C21H17Br2Cl2N5O2/c1-29(10-11-4-5-11)21(32)13-7-12(24)8-14(22)18(13)27-20(31)16-9-17(23)28-30(16)19-15(25)3-2-6-26-19/h2-3,6-9,11H,4-5,10H2,1H3,(H,27,31). The summed E-state index contributed by atoms with van der Waals surface area (Å²) in [5.41, 5.74) is 0.800. The summed E-state index contributed by atoms with van der Waals surface area (Å²) < 4.78 is 2.26. The molecule has 32 heavy (non-hydrogen) atoms. The van der Waals surface area contributed by atoms with Crippen molar-refractivity contribution in [2.24, 2.45) is 5.92 Å². The van der Waals surface area contributed by atoms with Gasteiger partial charge in [-0.2, -0.15) is 5.10 Å². The van der Waals surface area contributed by atoms with E-state index in [1.165, 1.54) is 4.68 Å². The third-order valence-electron chi connectivity index (χ3n) is 4.95. The zero-order chi connectivity index (χ0) is 23.0. The second-order valence-corrected chi connectivity index (χ2v) is 9.98. The van der Waals surface area contributed by atoms with E-state index in [-0.39, 0.29) is 11.6 Å². The van der Waals surface area contributed by atoms with Gasteiger partial charge in [0.05, 0.1) is 16.3 Å². The van der Waals surface area contributed by atoms with Crippen LogP contribution in [0.1, 0.15) is 33.7 Å². The quantitative estimate of drug-likeness (QED) is 0.385. The number of aromatic nitrogens is 3. The monoisotopic (exact) mass is 599 g/mol. The predicted octanol–water partition coefficient (Wildman–Crippen LogP) is 5.83. The van der Waals surface area contributed by atoms with Crippen LogP contribution in [0.15, 0.2) is 45.6 Å². The van der Waals surface area contributed by atoms with Gasteiger partial charge in [-0.1, -0.05) is 23.2 Å². The van der Waals surface area contributed by atoms with Crippen LogP contribution in [0.3, 0.4) is 0 Å². The molecule has 4 rings (SSSR count). The molecule has 0 bridgehead atoms. The first-order valence-electron chi connectivity index (χ1n) is 9.67. The fraction of sp³-hybridized carbons (Fsp3) is 0.238. The van der Waals surface area contributed by atoms with Gasteiger partial charge >= 0.3 is 0 Å². The number of rotatable bonds is 6. The Balaban J connectivity index is 1.69. The first-order valence-corrected chi connectivity index (χ1v) is 12.0. The van der Waals surface area contributed by atoms with Crippen LogP contribution in [0.4, 0.5) is 5.69 Å². The minimum absolute atomic E-state index is 0.184. The van der Waals surface area contributed by atoms with E-state index in [2.05, 4.69) is 47.3 Å². The molecule has 2 heterocycles. The van der Waals surface area contributed by atoms with Crippen LogP contribution < -0.4 is 5.32 Å². The smallest absolute Gasteiger partial charge is 0.274 e. The maximum atomic E-state index is 13.3. The molecule has 2 amide bonds. The van der Waals surface area contributed by atoms with E-state index in [0.29, 0.717) is 48.7 Å². The summed E-state index contributed by atoms with van der Waals surface area (Å²) in [7, 11) is 1.75. The highest BCUT2D eigenvalue weighted by molar-refractivity contribution is 9.10. The van der Waals surface area contributed by atoms with Crippen molar-refractivity contribution < 1.29 is 9.59 Å². The van der Waals surface area contributed by atoms with Gasteiger partial charge in [0.15, 0.2) is 5.82 Å². The third kappa shape index (κ3) is 5.01. The molecule has 2 aromatic heterocycles. The highest BCUT2D eigenvalue weighted by atomic mass is 79.9. The molecule has 7 nitrogen and oxygen atoms in total. The number of nitrogens with zero attached hydrogens (tertiary/aromatic N) is 4. The molecule has 1 aliphatic carbocycles. The summed E-state index contributed by atoms with van der Waals surface area (Å²) >= 11 is 19.2. The van der Waals surface area contributed by atoms with Crippen molar-refractivity contribution in [2.75, 3.05) is 18.9 Å². The first-order chi connectivity index (χ1) is 15.2. The summed E-state index contributed by atoms with van der Waals surface area (Å²) in [6, 6.07) is 8.06. The first kappa shape index (κ1) is 23.2. The molecule has 3 aromatic rings. The topological polar surface area (TPSA) is 80.1 Å². The number of amides is 2. The van der Waals surface area contributed by atoms with E-state index >= 15 is 0 Å². The normalized spacial score (nSPS) is 13.2. The van der Waals surface area contributed by atoms with Crippen LogP contribution in [0.5, 0.6) is 0 Å². The Morgan fingerprint density at radius 1 is 1.25 bits per heavy atom. The molecule has 166 valence electrons. The largest absolute Gasteiger partial charge is 0.341 e. The predicted molar refractivity (Wildman–Crippen MR) is 131 cm³/mol. The SMILES string of the molecule is CN(CC1CC1)C(=O)c1cc(Cl)cc(Br)c1NC(=O)c1cc(Br)nn1-c1ncccc1Cl. The van der Waals surface area contributed by atoms with Crippen molar-refractivity contribution in [1.29, 1.82) is 0 Å². The van der Waals surface area contributed by atoms with Crippen molar-refractivity contribution in [2.45, 2.75) is 12.8 Å². The lowest BCUT2D eigenvalue weighted by Crippen LogP contribution is -2.30. The number of nitrogens with one attached hydrogen (secondary N) is 1. The summed E-state index contributed by atoms with van der Waals surface area (Å²) in [4.78, 5) is 32.3. The maximum absolute atomic E-state index is 13.3. The number of carbonyl (C=O) groups is 2. The van der Waals surface area contributed by atoms with Crippen LogP contribution in [0.2, 0.25) is 10.0 Å². The molecule has 0 aliphatic heterocycles. The van der Waals surface area contributed by atoms with E-state index in [9.17, 15) is 9.59 Å². The molecular weight excluding hydrogens is 585 g/mol. The molecule has 1 aromatic carbocycles. The van der Waals surface area contributed by atoms with Gasteiger partial charge in [0, 0.05) is 35.4 Å². The lowest BCUT2D eigenvalue weighted by Gasteiger charge is -2.20. The van der Waals surface area contributed by atoms with Gasteiger partial charge in [-0.25, -0.2) is 9.67 Å². The molecule has 0 radical (unpaired) electrons. The number of pyridine rings is 1. The second-order valence-electron chi connectivity index (χ2n) is 7.47. The zero-order valence-corrected chi connectivity index (χ0v) is 21.5. The number of anilines is 1. The Labute approximate surface area is 211 Å². The molecular formula is C21H17Br2Cl2N5O2. The van der Waals surface area contributed by atoms with E-state index in [1.54, 1.807) is 48.5 Å². The summed E-state index contributed by atoms with van der Waals surface area (Å²) in [6.07, 6.45) is 3.80. The van der Waals surface area contributed by atoms with Crippen LogP contribution >= 0.6 is 55.1 Å². The molecule has 1 N–H and O–H groups in total. The average molecular weight is 602 g/mol. The summed E-state index contributed by atoms with van der Waals surface area (Å²) in [5.74, 6) is 0.116. The lowest BCUT2D eigenvalue weighted by molar-refractivity contribution is 0.0789. The van der Waals surface area contributed by atoms with Gasteiger partial charge in [-0.3, -0.25) is 9.59 Å². The van der Waals surface area contributed by atoms with Crippen molar-refractivity contribution in [3.63, 3.8) is 0 Å². The lowest BCUT2D eigenvalue weighted by atomic mass is 10.1. The highest BCUT2D eigenvalue weighted by Gasteiger charge is 2.28. The summed E-state index contributed by atoms with van der Waals surface area (Å²) in [5, 5.41) is 7.83. The molecule has 11 heteroatoms. The Morgan fingerprint density at radius 2 is 2.00 bits per heavy atom. The number of carbonyl (C=O) groups excluding carboxylic acids is 2. The third-order valence-corrected chi connectivity index (χ3v) is 6.48. The van der Waals surface area contributed by atoms with E-state index < -0.39 is 5.91 Å². The van der Waals surface area contributed by atoms with E-state index in [0.717, 1.165) is 12.8 Å². The van der Waals surface area contributed by atoms with Gasteiger partial charge in [-0.15, -0.1) is 0 Å². The molecule has 0 atom stereocenters. The number of halogens is 4.